The van der Waals surface area contributed by atoms with E-state index in [4.69, 9.17) is 5.26 Å². The van der Waals surface area contributed by atoms with Crippen LogP contribution < -0.4 is 5.32 Å². The molecule has 0 amide bonds. The van der Waals surface area contributed by atoms with Crippen LogP contribution in [0.4, 0.5) is 0 Å². The largest absolute Gasteiger partial charge is 0.313 e. The van der Waals surface area contributed by atoms with Crippen LogP contribution in [0.3, 0.4) is 0 Å². The molecule has 1 aliphatic rings. The van der Waals surface area contributed by atoms with Crippen molar-refractivity contribution in [2.24, 2.45) is 5.41 Å². The summed E-state index contributed by atoms with van der Waals surface area (Å²) in [4.78, 5) is 2.54. The highest BCUT2D eigenvalue weighted by Gasteiger charge is 2.18. The van der Waals surface area contributed by atoms with E-state index < -0.39 is 0 Å². The fourth-order valence-corrected chi connectivity index (χ4v) is 2.56. The van der Waals surface area contributed by atoms with E-state index in [1.54, 1.807) is 0 Å². The van der Waals surface area contributed by atoms with Crippen molar-refractivity contribution in [3.63, 3.8) is 0 Å². The Morgan fingerprint density at radius 2 is 2.17 bits per heavy atom. The molecule has 3 nitrogen and oxygen atoms in total. The molecular formula is C15H29N3. The van der Waals surface area contributed by atoms with Crippen LogP contribution in [0.2, 0.25) is 0 Å². The van der Waals surface area contributed by atoms with E-state index in [0.29, 0.717) is 6.04 Å². The molecule has 1 N–H and O–H groups in total. The Labute approximate surface area is 113 Å². The molecule has 0 aromatic carbocycles. The first-order valence-electron chi connectivity index (χ1n) is 7.44. The quantitative estimate of drug-likeness (QED) is 0.674. The lowest BCUT2D eigenvalue weighted by Gasteiger charge is -2.24. The van der Waals surface area contributed by atoms with Crippen LogP contribution in [-0.4, -0.2) is 37.1 Å². The Morgan fingerprint density at radius 3 is 2.72 bits per heavy atom. The zero-order valence-electron chi connectivity index (χ0n) is 12.3. The molecule has 1 saturated heterocycles. The first-order chi connectivity index (χ1) is 8.57. The molecule has 0 aliphatic carbocycles. The van der Waals surface area contributed by atoms with Gasteiger partial charge in [-0.15, -0.1) is 0 Å². The highest BCUT2D eigenvalue weighted by Crippen LogP contribution is 2.21. The van der Waals surface area contributed by atoms with Crippen LogP contribution in [-0.2, 0) is 0 Å². The number of likely N-dealkylation sites (N-methyl/N-ethyl adjacent to an activating group) is 1. The van der Waals surface area contributed by atoms with E-state index in [9.17, 15) is 0 Å². The summed E-state index contributed by atoms with van der Waals surface area (Å²) in [5, 5.41) is 12.5. The third kappa shape index (κ3) is 5.84. The van der Waals surface area contributed by atoms with Crippen molar-refractivity contribution in [2.45, 2.75) is 58.9 Å². The SMILES string of the molecule is CCN(CCCCC(C)(C)C#N)CC1CCCN1. The van der Waals surface area contributed by atoms with Gasteiger partial charge in [0, 0.05) is 12.6 Å². The second-order valence-corrected chi connectivity index (χ2v) is 6.14. The number of hydrogen-bond donors (Lipinski definition) is 1. The number of hydrogen-bond acceptors (Lipinski definition) is 3. The molecule has 0 bridgehead atoms. The Morgan fingerprint density at radius 1 is 1.39 bits per heavy atom. The van der Waals surface area contributed by atoms with Crippen molar-refractivity contribution < 1.29 is 0 Å². The van der Waals surface area contributed by atoms with Gasteiger partial charge in [0.25, 0.3) is 0 Å². The lowest BCUT2D eigenvalue weighted by Crippen LogP contribution is -2.38. The number of nitriles is 1. The van der Waals surface area contributed by atoms with Gasteiger partial charge in [0.2, 0.25) is 0 Å². The Kier molecular flexibility index (Phi) is 6.67. The van der Waals surface area contributed by atoms with Gasteiger partial charge in [-0.25, -0.2) is 0 Å². The van der Waals surface area contributed by atoms with Gasteiger partial charge in [-0.05, 0) is 59.2 Å². The summed E-state index contributed by atoms with van der Waals surface area (Å²) in [6.07, 6.45) is 6.06. The molecule has 0 aromatic heterocycles. The van der Waals surface area contributed by atoms with Gasteiger partial charge in [0.05, 0.1) is 11.5 Å². The molecule has 1 atom stereocenters. The van der Waals surface area contributed by atoms with E-state index in [-0.39, 0.29) is 5.41 Å². The first-order valence-corrected chi connectivity index (χ1v) is 7.44. The summed E-state index contributed by atoms with van der Waals surface area (Å²) < 4.78 is 0. The fraction of sp³-hybridized carbons (Fsp3) is 0.933. The van der Waals surface area contributed by atoms with Crippen molar-refractivity contribution in [1.29, 1.82) is 5.26 Å². The summed E-state index contributed by atoms with van der Waals surface area (Å²) in [5.74, 6) is 0. The number of nitrogens with zero attached hydrogens (tertiary/aromatic N) is 2. The second kappa shape index (κ2) is 7.76. The summed E-state index contributed by atoms with van der Waals surface area (Å²) in [5.41, 5.74) is -0.149. The summed E-state index contributed by atoms with van der Waals surface area (Å²) in [6.45, 7) is 11.0. The lowest BCUT2D eigenvalue weighted by atomic mass is 9.89. The van der Waals surface area contributed by atoms with Crippen molar-refractivity contribution in [2.75, 3.05) is 26.2 Å². The molecule has 1 aliphatic heterocycles. The molecule has 1 rings (SSSR count). The van der Waals surface area contributed by atoms with Gasteiger partial charge < -0.3 is 10.2 Å². The highest BCUT2D eigenvalue weighted by molar-refractivity contribution is 4.91. The molecule has 0 saturated carbocycles. The number of rotatable bonds is 8. The normalized spacial score (nSPS) is 20.3. The topological polar surface area (TPSA) is 39.1 Å². The maximum absolute atomic E-state index is 8.97. The van der Waals surface area contributed by atoms with Gasteiger partial charge >= 0.3 is 0 Å². The minimum Gasteiger partial charge on any atom is -0.313 e. The number of nitrogens with one attached hydrogen (secondary N) is 1. The van der Waals surface area contributed by atoms with Gasteiger partial charge in [-0.1, -0.05) is 13.3 Å². The van der Waals surface area contributed by atoms with Gasteiger partial charge in [0.1, 0.15) is 0 Å². The molecule has 3 heteroatoms. The molecule has 1 heterocycles. The Bertz CT molecular complexity index is 261. The van der Waals surface area contributed by atoms with E-state index in [2.05, 4.69) is 23.2 Å². The molecule has 0 aromatic rings. The van der Waals surface area contributed by atoms with Crippen LogP contribution in [0.5, 0.6) is 0 Å². The average Bonchev–Trinajstić information content (AvgIpc) is 2.86. The van der Waals surface area contributed by atoms with Crippen LogP contribution in [0.25, 0.3) is 0 Å². The van der Waals surface area contributed by atoms with Crippen LogP contribution in [0.1, 0.15) is 52.9 Å². The smallest absolute Gasteiger partial charge is 0.0683 e. The van der Waals surface area contributed by atoms with E-state index in [1.165, 1.54) is 38.9 Å². The fourth-order valence-electron chi connectivity index (χ4n) is 2.56. The maximum Gasteiger partial charge on any atom is 0.0683 e. The molecule has 1 fully saturated rings. The third-order valence-electron chi connectivity index (χ3n) is 3.92. The predicted molar refractivity (Wildman–Crippen MR) is 76.4 cm³/mol. The standard InChI is InChI=1S/C15H29N3/c1-4-18(12-14-8-7-10-17-14)11-6-5-9-15(2,3)13-16/h14,17H,4-12H2,1-3H3. The molecule has 0 spiro atoms. The predicted octanol–water partition coefficient (Wildman–Crippen LogP) is 2.78. The van der Waals surface area contributed by atoms with Gasteiger partial charge in [0.15, 0.2) is 0 Å². The number of unbranched alkanes of at least 4 members (excludes halogenated alkanes) is 1. The van der Waals surface area contributed by atoms with Crippen molar-refractivity contribution in [1.82, 2.24) is 10.2 Å². The zero-order valence-corrected chi connectivity index (χ0v) is 12.3. The van der Waals surface area contributed by atoms with Gasteiger partial charge in [-0.2, -0.15) is 5.26 Å². The summed E-state index contributed by atoms with van der Waals surface area (Å²) in [6, 6.07) is 3.09. The van der Waals surface area contributed by atoms with Gasteiger partial charge in [-0.3, -0.25) is 0 Å². The molecule has 18 heavy (non-hydrogen) atoms. The van der Waals surface area contributed by atoms with E-state index >= 15 is 0 Å². The molecule has 0 radical (unpaired) electrons. The van der Waals surface area contributed by atoms with Crippen molar-refractivity contribution in [3.8, 4) is 6.07 Å². The van der Waals surface area contributed by atoms with Crippen LogP contribution in [0.15, 0.2) is 0 Å². The molecule has 104 valence electrons. The minimum atomic E-state index is -0.149. The summed E-state index contributed by atoms with van der Waals surface area (Å²) >= 11 is 0. The van der Waals surface area contributed by atoms with E-state index in [1.807, 2.05) is 13.8 Å². The van der Waals surface area contributed by atoms with Crippen LogP contribution in [0, 0.1) is 16.7 Å². The maximum atomic E-state index is 8.97. The third-order valence-corrected chi connectivity index (χ3v) is 3.92. The van der Waals surface area contributed by atoms with E-state index in [0.717, 1.165) is 19.4 Å². The average molecular weight is 251 g/mol. The Hall–Kier alpha value is -0.590. The van der Waals surface area contributed by atoms with Crippen molar-refractivity contribution in [3.05, 3.63) is 0 Å². The lowest BCUT2D eigenvalue weighted by molar-refractivity contribution is 0.251. The minimum absolute atomic E-state index is 0.149. The molecular weight excluding hydrogens is 222 g/mol. The molecule has 1 unspecified atom stereocenters. The first kappa shape index (κ1) is 15.5. The Balaban J connectivity index is 2.13. The zero-order chi connectivity index (χ0) is 13.4. The summed E-state index contributed by atoms with van der Waals surface area (Å²) in [7, 11) is 0. The van der Waals surface area contributed by atoms with Crippen molar-refractivity contribution >= 4 is 0 Å². The second-order valence-electron chi connectivity index (χ2n) is 6.14. The van der Waals surface area contributed by atoms with Crippen LogP contribution >= 0.6 is 0 Å². The monoisotopic (exact) mass is 251 g/mol. The highest BCUT2D eigenvalue weighted by atomic mass is 15.1.